The number of ether oxygens (including phenoxy) is 2. The van der Waals surface area contributed by atoms with Gasteiger partial charge in [0.05, 0.1) is 26.9 Å². The molecule has 2 N–H and O–H groups in total. The van der Waals surface area contributed by atoms with Gasteiger partial charge in [0.2, 0.25) is 5.91 Å². The lowest BCUT2D eigenvalue weighted by molar-refractivity contribution is -0.120. The molecule has 0 aliphatic heterocycles. The summed E-state index contributed by atoms with van der Waals surface area (Å²) in [6.45, 7) is 6.13. The predicted octanol–water partition coefficient (Wildman–Crippen LogP) is 5.02. The van der Waals surface area contributed by atoms with Gasteiger partial charge < -0.3 is 19.0 Å². The highest BCUT2D eigenvalue weighted by molar-refractivity contribution is 6.04. The summed E-state index contributed by atoms with van der Waals surface area (Å²) in [6, 6.07) is 7.28. The molecule has 0 saturated carbocycles. The molecular weight excluding hydrogens is 432 g/mol. The third-order valence-electron chi connectivity index (χ3n) is 6.26. The third kappa shape index (κ3) is 4.60. The summed E-state index contributed by atoms with van der Waals surface area (Å²) in [5.41, 5.74) is 6.33. The number of amides is 1. The zero-order valence-electron chi connectivity index (χ0n) is 20.4. The SMILES string of the molecule is COc1ccc(CC(=O)NN=Cc2c(O)c(C(C)(C)C)cc3oc4c(c23)CCCC4)cc1OC. The number of methoxy groups -OCH3 is 2. The summed E-state index contributed by atoms with van der Waals surface area (Å²) < 4.78 is 16.7. The quantitative estimate of drug-likeness (QED) is 0.394. The Morgan fingerprint density at radius 1 is 1.15 bits per heavy atom. The number of nitrogens with one attached hydrogen (secondary N) is 1. The van der Waals surface area contributed by atoms with Gasteiger partial charge >= 0.3 is 0 Å². The van der Waals surface area contributed by atoms with Crippen molar-refractivity contribution in [3.63, 3.8) is 0 Å². The van der Waals surface area contributed by atoms with Crippen molar-refractivity contribution in [2.45, 2.75) is 58.3 Å². The largest absolute Gasteiger partial charge is 0.507 e. The molecule has 0 spiro atoms. The number of aromatic hydroxyl groups is 1. The third-order valence-corrected chi connectivity index (χ3v) is 6.26. The fourth-order valence-corrected chi connectivity index (χ4v) is 4.53. The molecule has 0 unspecified atom stereocenters. The van der Waals surface area contributed by atoms with Crippen molar-refractivity contribution in [2.24, 2.45) is 5.10 Å². The van der Waals surface area contributed by atoms with Gasteiger partial charge in [-0.15, -0.1) is 0 Å². The molecule has 34 heavy (non-hydrogen) atoms. The molecule has 0 bridgehead atoms. The highest BCUT2D eigenvalue weighted by atomic mass is 16.5. The first-order chi connectivity index (χ1) is 16.2. The van der Waals surface area contributed by atoms with Gasteiger partial charge in [0.25, 0.3) is 0 Å². The summed E-state index contributed by atoms with van der Waals surface area (Å²) in [5, 5.41) is 16.3. The molecule has 7 nitrogen and oxygen atoms in total. The van der Waals surface area contributed by atoms with E-state index in [2.05, 4.69) is 10.5 Å². The van der Waals surface area contributed by atoms with Crippen LogP contribution in [0.15, 0.2) is 33.8 Å². The highest BCUT2D eigenvalue weighted by Gasteiger charge is 2.27. The number of hydrogen-bond donors (Lipinski definition) is 2. The van der Waals surface area contributed by atoms with Gasteiger partial charge in [-0.05, 0) is 48.4 Å². The van der Waals surface area contributed by atoms with E-state index in [4.69, 9.17) is 13.9 Å². The maximum absolute atomic E-state index is 12.5. The van der Waals surface area contributed by atoms with Crippen LogP contribution in [0.4, 0.5) is 0 Å². The average Bonchev–Trinajstić information content (AvgIpc) is 3.18. The van der Waals surface area contributed by atoms with Crippen molar-refractivity contribution in [3.8, 4) is 17.2 Å². The molecule has 1 aromatic heterocycles. The lowest BCUT2D eigenvalue weighted by Gasteiger charge is -2.21. The molecule has 0 atom stereocenters. The minimum atomic E-state index is -0.287. The van der Waals surface area contributed by atoms with Gasteiger partial charge in [-0.2, -0.15) is 5.10 Å². The first-order valence-corrected chi connectivity index (χ1v) is 11.6. The number of hydrazone groups is 1. The maximum atomic E-state index is 12.5. The number of phenolic OH excluding ortho intramolecular Hbond substituents is 1. The molecule has 1 aliphatic rings. The first-order valence-electron chi connectivity index (χ1n) is 11.6. The lowest BCUT2D eigenvalue weighted by Crippen LogP contribution is -2.20. The molecule has 1 amide bonds. The van der Waals surface area contributed by atoms with Crippen LogP contribution < -0.4 is 14.9 Å². The van der Waals surface area contributed by atoms with Gasteiger partial charge in [-0.25, -0.2) is 5.43 Å². The van der Waals surface area contributed by atoms with Gasteiger partial charge in [-0.1, -0.05) is 26.8 Å². The van der Waals surface area contributed by atoms with Crippen LogP contribution in [0.1, 0.15) is 61.6 Å². The maximum Gasteiger partial charge on any atom is 0.244 e. The van der Waals surface area contributed by atoms with E-state index in [0.717, 1.165) is 59.1 Å². The Hall–Kier alpha value is -3.48. The molecule has 180 valence electrons. The first kappa shape index (κ1) is 23.7. The fraction of sp³-hybridized carbons (Fsp3) is 0.407. The molecule has 1 heterocycles. The van der Waals surface area contributed by atoms with Crippen LogP contribution >= 0.6 is 0 Å². The summed E-state index contributed by atoms with van der Waals surface area (Å²) in [4.78, 5) is 12.5. The molecule has 0 saturated heterocycles. The fourth-order valence-electron chi connectivity index (χ4n) is 4.53. The molecule has 3 aromatic rings. The molecule has 0 fully saturated rings. The summed E-state index contributed by atoms with van der Waals surface area (Å²) in [7, 11) is 3.12. The van der Waals surface area contributed by atoms with Crippen LogP contribution in [-0.2, 0) is 29.5 Å². The number of furan rings is 1. The molecule has 1 aliphatic carbocycles. The Morgan fingerprint density at radius 3 is 2.59 bits per heavy atom. The van der Waals surface area contributed by atoms with E-state index in [1.165, 1.54) is 6.21 Å². The van der Waals surface area contributed by atoms with Gasteiger partial charge in [-0.3, -0.25) is 4.79 Å². The standard InChI is InChI=1S/C27H32N2O5/c1-27(2,3)19-14-23-25(17-8-6-7-9-20(17)34-23)18(26(19)31)15-28-29-24(30)13-16-10-11-21(32-4)22(12-16)33-5/h10-12,14-15,31H,6-9,13H2,1-5H3,(H,29,30). The number of benzene rings is 2. The van der Waals surface area contributed by atoms with Crippen molar-refractivity contribution in [1.29, 1.82) is 0 Å². The Bertz CT molecular complexity index is 1250. The van der Waals surface area contributed by atoms with E-state index in [0.29, 0.717) is 17.1 Å². The Kier molecular flexibility index (Phi) is 6.55. The Labute approximate surface area is 199 Å². The Morgan fingerprint density at radius 2 is 1.88 bits per heavy atom. The van der Waals surface area contributed by atoms with E-state index >= 15 is 0 Å². The summed E-state index contributed by atoms with van der Waals surface area (Å²) in [5.74, 6) is 2.05. The molecular formula is C27H32N2O5. The van der Waals surface area contributed by atoms with Crippen LogP contribution in [0, 0.1) is 0 Å². The monoisotopic (exact) mass is 464 g/mol. The van der Waals surface area contributed by atoms with Gasteiger partial charge in [0, 0.05) is 28.5 Å². The van der Waals surface area contributed by atoms with Crippen LogP contribution in [0.2, 0.25) is 0 Å². The zero-order valence-corrected chi connectivity index (χ0v) is 20.4. The van der Waals surface area contributed by atoms with Crippen LogP contribution in [0.25, 0.3) is 11.0 Å². The molecule has 2 aromatic carbocycles. The number of carbonyl (C=O) groups is 1. The normalized spacial score (nSPS) is 13.8. The van der Waals surface area contributed by atoms with Crippen molar-refractivity contribution in [1.82, 2.24) is 5.43 Å². The van der Waals surface area contributed by atoms with Crippen molar-refractivity contribution in [2.75, 3.05) is 14.2 Å². The smallest absolute Gasteiger partial charge is 0.244 e. The molecule has 0 radical (unpaired) electrons. The van der Waals surface area contributed by atoms with Crippen LogP contribution in [-0.4, -0.2) is 31.4 Å². The Balaban J connectivity index is 1.62. The zero-order chi connectivity index (χ0) is 24.5. The van der Waals surface area contributed by atoms with Crippen LogP contribution in [0.5, 0.6) is 17.2 Å². The van der Waals surface area contributed by atoms with Crippen molar-refractivity contribution >= 4 is 23.1 Å². The number of aryl methyl sites for hydroxylation is 2. The minimum Gasteiger partial charge on any atom is -0.507 e. The number of rotatable bonds is 6. The van der Waals surface area contributed by atoms with E-state index in [9.17, 15) is 9.90 Å². The van der Waals surface area contributed by atoms with E-state index in [1.54, 1.807) is 26.4 Å². The van der Waals surface area contributed by atoms with Crippen molar-refractivity contribution < 1.29 is 23.8 Å². The number of carbonyl (C=O) groups excluding carboxylic acids is 1. The predicted molar refractivity (Wildman–Crippen MR) is 132 cm³/mol. The highest BCUT2D eigenvalue weighted by Crippen LogP contribution is 2.42. The summed E-state index contributed by atoms with van der Waals surface area (Å²) >= 11 is 0. The van der Waals surface area contributed by atoms with E-state index in [1.807, 2.05) is 32.9 Å². The number of nitrogens with zero attached hydrogens (tertiary/aromatic N) is 1. The average molecular weight is 465 g/mol. The molecule has 4 rings (SSSR count). The second-order valence-corrected chi connectivity index (χ2v) is 9.68. The van der Waals surface area contributed by atoms with Gasteiger partial charge in [0.15, 0.2) is 11.5 Å². The topological polar surface area (TPSA) is 93.3 Å². The number of phenols is 1. The van der Waals surface area contributed by atoms with E-state index in [-0.39, 0.29) is 23.5 Å². The second-order valence-electron chi connectivity index (χ2n) is 9.68. The van der Waals surface area contributed by atoms with Crippen molar-refractivity contribution in [3.05, 3.63) is 52.3 Å². The van der Waals surface area contributed by atoms with E-state index < -0.39 is 0 Å². The summed E-state index contributed by atoms with van der Waals surface area (Å²) in [6.07, 6.45) is 5.64. The van der Waals surface area contributed by atoms with Crippen LogP contribution in [0.3, 0.4) is 0 Å². The number of fused-ring (bicyclic) bond motifs is 3. The van der Waals surface area contributed by atoms with Gasteiger partial charge in [0.1, 0.15) is 17.1 Å². The second kappa shape index (κ2) is 9.41. The molecule has 7 heteroatoms. The number of hydrogen-bond acceptors (Lipinski definition) is 6. The minimum absolute atomic E-state index is 0.127. The lowest BCUT2D eigenvalue weighted by atomic mass is 9.83.